The van der Waals surface area contributed by atoms with Gasteiger partial charge in [-0.2, -0.15) is 0 Å². The first-order chi connectivity index (χ1) is 5.31. The first-order valence-electron chi connectivity index (χ1n) is 3.13. The molecule has 0 bridgehead atoms. The second kappa shape index (κ2) is 3.02. The minimum absolute atomic E-state index is 1.07. The van der Waals surface area contributed by atoms with Gasteiger partial charge in [0.15, 0.2) is 5.01 Å². The summed E-state index contributed by atoms with van der Waals surface area (Å²) in [7, 11) is 0. The van der Waals surface area contributed by atoms with Gasteiger partial charge in [-0.05, 0) is 57.3 Å². The summed E-state index contributed by atoms with van der Waals surface area (Å²) in [6.07, 6.45) is 0. The molecule has 0 aromatic carbocycles. The molecule has 1 aliphatic heterocycles. The first-order valence-corrected chi connectivity index (χ1v) is 6.18. The Morgan fingerprint density at radius 2 is 2.55 bits per heavy atom. The van der Waals surface area contributed by atoms with Crippen LogP contribution in [0.2, 0.25) is 0 Å². The van der Waals surface area contributed by atoms with Crippen molar-refractivity contribution in [1.29, 1.82) is 0 Å². The molecule has 1 aliphatic rings. The molecule has 2 nitrogen and oxygen atoms in total. The van der Waals surface area contributed by atoms with Crippen LogP contribution in [0.4, 0.5) is 0 Å². The largest absolute Gasteiger partial charge is 0.331 e. The zero-order chi connectivity index (χ0) is 7.84. The fraction of sp³-hybridized carbons (Fsp3) is 0.333. The Balaban J connectivity index is 2.53. The third kappa shape index (κ3) is 1.33. The van der Waals surface area contributed by atoms with E-state index in [4.69, 9.17) is 0 Å². The van der Waals surface area contributed by atoms with Gasteiger partial charge in [-0.15, -0.1) is 0 Å². The van der Waals surface area contributed by atoms with Gasteiger partial charge in [-0.25, -0.2) is 0 Å². The van der Waals surface area contributed by atoms with Gasteiger partial charge in [-0.3, -0.25) is 0 Å². The van der Waals surface area contributed by atoms with E-state index < -0.39 is 0 Å². The van der Waals surface area contributed by atoms with Gasteiger partial charge in [0, 0.05) is 9.18 Å². The topological polar surface area (TPSA) is 16.8 Å². The van der Waals surface area contributed by atoms with Crippen LogP contribution in [0.15, 0.2) is 8.42 Å². The van der Waals surface area contributed by atoms with E-state index in [0.717, 1.165) is 10.8 Å². The second-order valence-corrected chi connectivity index (χ2v) is 5.21. The van der Waals surface area contributed by atoms with Gasteiger partial charge >= 0.3 is 4.34 Å². The molecule has 0 amide bonds. The molecular formula is C6H6IN2S2+. The SMILES string of the molecule is Cc1n[n+]2c(s1)SCC2=CI. The standard InChI is InChI=1S/C6H6IN2S2/c1-4-8-9-5(2-7)3-10-6(9)11-4/h2H,3H2,1H3/q+1. The summed E-state index contributed by atoms with van der Waals surface area (Å²) in [5.41, 5.74) is 1.30. The van der Waals surface area contributed by atoms with Crippen molar-refractivity contribution in [2.75, 3.05) is 5.75 Å². The molecule has 0 N–H and O–H groups in total. The van der Waals surface area contributed by atoms with Crippen LogP contribution in [0, 0.1) is 6.92 Å². The smallest absolute Gasteiger partial charge is 0.0460 e. The predicted molar refractivity (Wildman–Crippen MR) is 56.1 cm³/mol. The van der Waals surface area contributed by atoms with Gasteiger partial charge in [0.2, 0.25) is 5.70 Å². The van der Waals surface area contributed by atoms with Crippen molar-refractivity contribution in [2.45, 2.75) is 11.3 Å². The molecule has 58 valence electrons. The van der Waals surface area contributed by atoms with Crippen LogP contribution in [-0.4, -0.2) is 10.9 Å². The van der Waals surface area contributed by atoms with Crippen molar-refractivity contribution < 1.29 is 4.68 Å². The highest BCUT2D eigenvalue weighted by Crippen LogP contribution is 2.29. The van der Waals surface area contributed by atoms with Crippen molar-refractivity contribution in [3.8, 4) is 0 Å². The van der Waals surface area contributed by atoms with E-state index in [0.29, 0.717) is 0 Å². The molecule has 2 rings (SSSR count). The highest BCUT2D eigenvalue weighted by Gasteiger charge is 2.30. The Labute approximate surface area is 86.8 Å². The molecule has 5 heteroatoms. The maximum Gasteiger partial charge on any atom is 0.331 e. The van der Waals surface area contributed by atoms with E-state index in [1.54, 1.807) is 11.3 Å². The minimum Gasteiger partial charge on any atom is -0.0460 e. The Bertz CT molecular complexity index is 318. The molecule has 1 aromatic rings. The number of fused-ring (bicyclic) bond motifs is 1. The Morgan fingerprint density at radius 3 is 3.27 bits per heavy atom. The highest BCUT2D eigenvalue weighted by atomic mass is 127. The molecule has 0 unspecified atom stereocenters. The van der Waals surface area contributed by atoms with Gasteiger partial charge in [-0.1, -0.05) is 0 Å². The maximum atomic E-state index is 4.38. The van der Waals surface area contributed by atoms with Crippen LogP contribution in [-0.2, 0) is 0 Å². The van der Waals surface area contributed by atoms with Crippen molar-refractivity contribution >= 4 is 51.4 Å². The average molecular weight is 297 g/mol. The summed E-state index contributed by atoms with van der Waals surface area (Å²) < 4.78 is 5.45. The summed E-state index contributed by atoms with van der Waals surface area (Å²) in [6, 6.07) is 0. The predicted octanol–water partition coefficient (Wildman–Crippen LogP) is 2.08. The molecule has 11 heavy (non-hydrogen) atoms. The van der Waals surface area contributed by atoms with Crippen LogP contribution in [0.3, 0.4) is 0 Å². The molecule has 0 aliphatic carbocycles. The lowest BCUT2D eigenvalue weighted by Gasteiger charge is -1.79. The molecule has 2 heterocycles. The van der Waals surface area contributed by atoms with E-state index in [1.807, 2.05) is 23.4 Å². The molecule has 0 fully saturated rings. The number of hydrogen-bond donors (Lipinski definition) is 0. The lowest BCUT2D eigenvalue weighted by atomic mass is 10.6. The van der Waals surface area contributed by atoms with Gasteiger partial charge in [0.05, 0.1) is 5.75 Å². The Kier molecular flexibility index (Phi) is 2.20. The van der Waals surface area contributed by atoms with E-state index in [2.05, 4.69) is 31.8 Å². The molecule has 0 atom stereocenters. The van der Waals surface area contributed by atoms with Gasteiger partial charge < -0.3 is 0 Å². The molecule has 0 radical (unpaired) electrons. The number of thioether (sulfide) groups is 1. The molecular weight excluding hydrogens is 291 g/mol. The van der Waals surface area contributed by atoms with E-state index >= 15 is 0 Å². The Hall–Kier alpha value is 0.380. The fourth-order valence-corrected chi connectivity index (χ4v) is 3.85. The summed E-state index contributed by atoms with van der Waals surface area (Å²) in [5.74, 6) is 1.07. The molecule has 0 spiro atoms. The summed E-state index contributed by atoms with van der Waals surface area (Å²) in [6.45, 7) is 2.04. The summed E-state index contributed by atoms with van der Waals surface area (Å²) in [5, 5.41) is 5.53. The van der Waals surface area contributed by atoms with Crippen molar-refractivity contribution in [2.24, 2.45) is 0 Å². The van der Waals surface area contributed by atoms with E-state index in [1.165, 1.54) is 10.0 Å². The second-order valence-electron chi connectivity index (χ2n) is 2.19. The van der Waals surface area contributed by atoms with E-state index in [-0.39, 0.29) is 0 Å². The lowest BCUT2D eigenvalue weighted by Crippen LogP contribution is -2.32. The van der Waals surface area contributed by atoms with Crippen molar-refractivity contribution in [1.82, 2.24) is 5.10 Å². The monoisotopic (exact) mass is 297 g/mol. The van der Waals surface area contributed by atoms with E-state index in [9.17, 15) is 0 Å². The summed E-state index contributed by atoms with van der Waals surface area (Å²) >= 11 is 5.90. The number of halogens is 1. The average Bonchev–Trinajstić information content (AvgIpc) is 2.45. The van der Waals surface area contributed by atoms with Crippen LogP contribution in [0.1, 0.15) is 5.01 Å². The normalized spacial score (nSPS) is 19.3. The number of nitrogens with zero attached hydrogens (tertiary/aromatic N) is 2. The van der Waals surface area contributed by atoms with Crippen molar-refractivity contribution in [3.05, 3.63) is 9.09 Å². The lowest BCUT2D eigenvalue weighted by molar-refractivity contribution is -0.672. The zero-order valence-corrected chi connectivity index (χ0v) is 9.66. The Morgan fingerprint density at radius 1 is 1.73 bits per heavy atom. The maximum absolute atomic E-state index is 4.38. The molecule has 0 saturated heterocycles. The summed E-state index contributed by atoms with van der Waals surface area (Å²) in [4.78, 5) is 0. The zero-order valence-electron chi connectivity index (χ0n) is 5.87. The third-order valence-corrected chi connectivity index (χ3v) is 4.30. The quantitative estimate of drug-likeness (QED) is 0.538. The number of aryl methyl sites for hydroxylation is 1. The highest BCUT2D eigenvalue weighted by molar-refractivity contribution is 14.1. The van der Waals surface area contributed by atoms with Gasteiger partial charge in [0.25, 0.3) is 0 Å². The molecule has 0 saturated carbocycles. The van der Waals surface area contributed by atoms with Gasteiger partial charge in [0.1, 0.15) is 0 Å². The van der Waals surface area contributed by atoms with Crippen molar-refractivity contribution in [3.63, 3.8) is 0 Å². The van der Waals surface area contributed by atoms with Crippen LogP contribution < -0.4 is 4.68 Å². The van der Waals surface area contributed by atoms with Crippen LogP contribution >= 0.6 is 45.7 Å². The fourth-order valence-electron chi connectivity index (χ4n) is 0.918. The van der Waals surface area contributed by atoms with Crippen LogP contribution in [0.25, 0.3) is 5.70 Å². The molecule has 1 aromatic heterocycles. The van der Waals surface area contributed by atoms with Crippen LogP contribution in [0.5, 0.6) is 0 Å². The first kappa shape index (κ1) is 8.00. The number of rotatable bonds is 0. The minimum atomic E-state index is 1.07. The number of hydrogen-bond acceptors (Lipinski definition) is 3. The number of aromatic nitrogens is 2. The third-order valence-electron chi connectivity index (χ3n) is 1.39.